The van der Waals surface area contributed by atoms with E-state index in [0.717, 1.165) is 51.6 Å². The fraction of sp³-hybridized carbons (Fsp3) is 0.882. The van der Waals surface area contributed by atoms with Gasteiger partial charge in [0.05, 0.1) is 0 Å². The first-order valence-electron chi connectivity index (χ1n) is 9.10. The lowest BCUT2D eigenvalue weighted by molar-refractivity contribution is -0.152. The highest BCUT2D eigenvalue weighted by Gasteiger charge is 2.18. The molecule has 2 fully saturated rings. The van der Waals surface area contributed by atoms with Crippen molar-refractivity contribution in [3.05, 3.63) is 0 Å². The van der Waals surface area contributed by atoms with Gasteiger partial charge in [0.1, 0.15) is 0 Å². The van der Waals surface area contributed by atoms with Crippen LogP contribution in [0.3, 0.4) is 0 Å². The largest absolute Gasteiger partial charge is 0.447 e. The number of ether oxygens (including phenoxy) is 2. The molecule has 2 rings (SSSR count). The monoisotopic (exact) mass is 326 g/mol. The average molecular weight is 326 g/mol. The molecule has 2 saturated heterocycles. The van der Waals surface area contributed by atoms with Crippen molar-refractivity contribution in [2.45, 2.75) is 83.1 Å². The third-order valence-electron chi connectivity index (χ3n) is 4.34. The second-order valence-corrected chi connectivity index (χ2v) is 6.42. The van der Waals surface area contributed by atoms with Gasteiger partial charge in [-0.05, 0) is 58.0 Å². The number of nitrogens with one attached hydrogen (secondary N) is 2. The van der Waals surface area contributed by atoms with Crippen molar-refractivity contribution in [3.63, 3.8) is 0 Å². The van der Waals surface area contributed by atoms with E-state index in [1.54, 1.807) is 0 Å². The summed E-state index contributed by atoms with van der Waals surface area (Å²) in [6, 6.07) is 0. The molecule has 2 aliphatic rings. The Labute approximate surface area is 138 Å². The molecule has 0 aromatic carbocycles. The number of hydrogen-bond donors (Lipinski definition) is 2. The Balaban J connectivity index is 1.56. The quantitative estimate of drug-likeness (QED) is 0.729. The van der Waals surface area contributed by atoms with E-state index < -0.39 is 0 Å². The molecule has 6 nitrogen and oxygen atoms in total. The van der Waals surface area contributed by atoms with E-state index in [1.807, 2.05) is 0 Å². The van der Waals surface area contributed by atoms with Crippen LogP contribution in [0.5, 0.6) is 0 Å². The predicted molar refractivity (Wildman–Crippen MR) is 86.6 cm³/mol. The lowest BCUT2D eigenvalue weighted by atomic mass is 10.2. The normalized spacial score (nSPS) is 25.9. The Kier molecular flexibility index (Phi) is 8.39. The lowest BCUT2D eigenvalue weighted by Crippen LogP contribution is -2.33. The van der Waals surface area contributed by atoms with Gasteiger partial charge >= 0.3 is 11.9 Å². The summed E-state index contributed by atoms with van der Waals surface area (Å²) in [5.41, 5.74) is 0. The first-order chi connectivity index (χ1) is 11.2. The molecule has 2 atom stereocenters. The second kappa shape index (κ2) is 10.6. The molecule has 0 aromatic heterocycles. The van der Waals surface area contributed by atoms with E-state index in [9.17, 15) is 9.59 Å². The van der Waals surface area contributed by atoms with Crippen LogP contribution in [0, 0.1) is 0 Å². The van der Waals surface area contributed by atoms with Crippen molar-refractivity contribution >= 4 is 11.9 Å². The fourth-order valence-electron chi connectivity index (χ4n) is 3.01. The van der Waals surface area contributed by atoms with Crippen LogP contribution in [0.1, 0.15) is 70.6 Å². The topological polar surface area (TPSA) is 76.7 Å². The van der Waals surface area contributed by atoms with Crippen molar-refractivity contribution in [1.82, 2.24) is 10.6 Å². The van der Waals surface area contributed by atoms with Gasteiger partial charge in [0.25, 0.3) is 0 Å². The summed E-state index contributed by atoms with van der Waals surface area (Å²) >= 11 is 0. The molecule has 23 heavy (non-hydrogen) atoms. The Morgan fingerprint density at radius 3 is 1.70 bits per heavy atom. The van der Waals surface area contributed by atoms with Gasteiger partial charge < -0.3 is 9.47 Å². The maximum Gasteiger partial charge on any atom is 0.307 e. The van der Waals surface area contributed by atoms with Crippen molar-refractivity contribution in [1.29, 1.82) is 0 Å². The molecule has 6 heteroatoms. The molecular weight excluding hydrogens is 296 g/mol. The maximum atomic E-state index is 11.8. The van der Waals surface area contributed by atoms with E-state index >= 15 is 0 Å². The lowest BCUT2D eigenvalue weighted by Gasteiger charge is -2.17. The minimum Gasteiger partial charge on any atom is -0.447 e. The molecule has 0 saturated carbocycles. The summed E-state index contributed by atoms with van der Waals surface area (Å²) in [6.45, 7) is 1.80. The first kappa shape index (κ1) is 18.2. The van der Waals surface area contributed by atoms with Crippen LogP contribution in [0.2, 0.25) is 0 Å². The summed E-state index contributed by atoms with van der Waals surface area (Å²) in [4.78, 5) is 23.6. The highest BCUT2D eigenvalue weighted by molar-refractivity contribution is 5.72. The highest BCUT2D eigenvalue weighted by Crippen LogP contribution is 2.12. The first-order valence-corrected chi connectivity index (χ1v) is 9.10. The minimum absolute atomic E-state index is 0.160. The van der Waals surface area contributed by atoms with Gasteiger partial charge in [0.2, 0.25) is 0 Å². The SMILES string of the molecule is O=C(CCCC(=O)OC1CCCCCN1)OC1CCCCCN1. The van der Waals surface area contributed by atoms with Crippen LogP contribution in [-0.2, 0) is 19.1 Å². The smallest absolute Gasteiger partial charge is 0.307 e. The molecule has 0 aromatic rings. The molecule has 2 heterocycles. The molecule has 0 amide bonds. The van der Waals surface area contributed by atoms with Gasteiger partial charge in [0, 0.05) is 12.8 Å². The summed E-state index contributed by atoms with van der Waals surface area (Å²) in [7, 11) is 0. The maximum absolute atomic E-state index is 11.8. The molecule has 0 bridgehead atoms. The number of rotatable bonds is 6. The van der Waals surface area contributed by atoms with Crippen molar-refractivity contribution < 1.29 is 19.1 Å². The minimum atomic E-state index is -0.232. The van der Waals surface area contributed by atoms with E-state index in [0.29, 0.717) is 6.42 Å². The van der Waals surface area contributed by atoms with E-state index in [2.05, 4.69) is 10.6 Å². The standard InChI is InChI=1S/C17H30N2O4/c20-16(22-14-8-3-1-5-12-18-14)10-7-11-17(21)23-15-9-4-2-6-13-19-15/h14-15,18-19H,1-13H2. The van der Waals surface area contributed by atoms with Crippen molar-refractivity contribution in [2.24, 2.45) is 0 Å². The Hall–Kier alpha value is -1.14. The zero-order valence-corrected chi connectivity index (χ0v) is 14.0. The molecule has 2 N–H and O–H groups in total. The van der Waals surface area contributed by atoms with Gasteiger partial charge in [-0.15, -0.1) is 0 Å². The third-order valence-corrected chi connectivity index (χ3v) is 4.34. The summed E-state index contributed by atoms with van der Waals surface area (Å²) in [5.74, 6) is -0.463. The van der Waals surface area contributed by atoms with E-state index in [-0.39, 0.29) is 37.2 Å². The highest BCUT2D eigenvalue weighted by atomic mass is 16.6. The van der Waals surface area contributed by atoms with E-state index in [4.69, 9.17) is 9.47 Å². The molecular formula is C17H30N2O4. The van der Waals surface area contributed by atoms with Crippen LogP contribution >= 0.6 is 0 Å². The number of carbonyl (C=O) groups excluding carboxylic acids is 2. The molecule has 0 spiro atoms. The molecule has 0 aliphatic carbocycles. The summed E-state index contributed by atoms with van der Waals surface area (Å²) in [6.07, 6.45) is 9.27. The van der Waals surface area contributed by atoms with Gasteiger partial charge in [-0.3, -0.25) is 20.2 Å². The number of esters is 2. The van der Waals surface area contributed by atoms with Gasteiger partial charge in [0.15, 0.2) is 12.5 Å². The van der Waals surface area contributed by atoms with Gasteiger partial charge in [-0.25, -0.2) is 0 Å². The van der Waals surface area contributed by atoms with Crippen LogP contribution in [0.15, 0.2) is 0 Å². The Bertz CT molecular complexity index is 326. The van der Waals surface area contributed by atoms with Crippen molar-refractivity contribution in [3.8, 4) is 0 Å². The zero-order chi connectivity index (χ0) is 16.3. The predicted octanol–water partition coefficient (Wildman–Crippen LogP) is 2.22. The summed E-state index contributed by atoms with van der Waals surface area (Å²) < 4.78 is 10.8. The van der Waals surface area contributed by atoms with Crippen LogP contribution in [0.25, 0.3) is 0 Å². The van der Waals surface area contributed by atoms with Crippen molar-refractivity contribution in [2.75, 3.05) is 13.1 Å². The van der Waals surface area contributed by atoms with Crippen LogP contribution < -0.4 is 10.6 Å². The molecule has 2 aliphatic heterocycles. The Morgan fingerprint density at radius 2 is 1.22 bits per heavy atom. The average Bonchev–Trinajstić information content (AvgIpc) is 2.92. The fourth-order valence-corrected chi connectivity index (χ4v) is 3.01. The van der Waals surface area contributed by atoms with Gasteiger partial charge in [-0.1, -0.05) is 12.8 Å². The molecule has 0 radical (unpaired) electrons. The summed E-state index contributed by atoms with van der Waals surface area (Å²) in [5, 5.41) is 6.46. The van der Waals surface area contributed by atoms with Gasteiger partial charge in [-0.2, -0.15) is 0 Å². The zero-order valence-electron chi connectivity index (χ0n) is 14.0. The number of carbonyl (C=O) groups is 2. The van der Waals surface area contributed by atoms with Crippen LogP contribution in [-0.4, -0.2) is 37.5 Å². The molecule has 132 valence electrons. The third kappa shape index (κ3) is 7.79. The van der Waals surface area contributed by atoms with Crippen LogP contribution in [0.4, 0.5) is 0 Å². The second-order valence-electron chi connectivity index (χ2n) is 6.42. The molecule has 2 unspecified atom stereocenters. The number of hydrogen-bond acceptors (Lipinski definition) is 6. The van der Waals surface area contributed by atoms with E-state index in [1.165, 1.54) is 12.8 Å². The Morgan fingerprint density at radius 1 is 0.739 bits per heavy atom.